The van der Waals surface area contributed by atoms with E-state index in [1.807, 2.05) is 6.07 Å². The molecule has 1 aliphatic rings. The lowest BCUT2D eigenvalue weighted by atomic mass is 9.83. The van der Waals surface area contributed by atoms with Crippen molar-refractivity contribution in [2.24, 2.45) is 11.7 Å². The van der Waals surface area contributed by atoms with Crippen molar-refractivity contribution in [2.45, 2.75) is 38.8 Å². The van der Waals surface area contributed by atoms with E-state index in [0.717, 1.165) is 23.8 Å². The smallest absolute Gasteiger partial charge is 0.129 e. The predicted octanol–water partition coefficient (Wildman–Crippen LogP) is 2.45. The molecule has 84 valence electrons. The zero-order valence-corrected chi connectivity index (χ0v) is 9.08. The molecule has 0 aliphatic heterocycles. The van der Waals surface area contributed by atoms with E-state index < -0.39 is 0 Å². The van der Waals surface area contributed by atoms with E-state index in [4.69, 9.17) is 14.9 Å². The Morgan fingerprint density at radius 1 is 1.47 bits per heavy atom. The Hall–Kier alpha value is -0.800. The minimum Gasteiger partial charge on any atom is -0.467 e. The fourth-order valence-corrected chi connectivity index (χ4v) is 1.81. The third-order valence-electron chi connectivity index (χ3n) is 3.08. The van der Waals surface area contributed by atoms with Crippen LogP contribution in [-0.4, -0.2) is 6.61 Å². The molecule has 1 aromatic heterocycles. The second kappa shape index (κ2) is 5.33. The Labute approximate surface area is 90.6 Å². The van der Waals surface area contributed by atoms with E-state index in [-0.39, 0.29) is 0 Å². The van der Waals surface area contributed by atoms with E-state index in [2.05, 4.69) is 0 Å². The molecule has 2 rings (SSSR count). The fraction of sp³-hybridized carbons (Fsp3) is 0.667. The summed E-state index contributed by atoms with van der Waals surface area (Å²) < 4.78 is 10.8. The normalized spacial score (nSPS) is 16.6. The van der Waals surface area contributed by atoms with E-state index in [0.29, 0.717) is 13.2 Å². The summed E-state index contributed by atoms with van der Waals surface area (Å²) in [6.45, 7) is 1.96. The summed E-state index contributed by atoms with van der Waals surface area (Å²) in [5.41, 5.74) is 6.52. The van der Waals surface area contributed by atoms with Crippen LogP contribution < -0.4 is 5.73 Å². The van der Waals surface area contributed by atoms with Crippen molar-refractivity contribution in [3.63, 3.8) is 0 Å². The molecule has 0 radical (unpaired) electrons. The van der Waals surface area contributed by atoms with Gasteiger partial charge in [0.2, 0.25) is 0 Å². The highest BCUT2D eigenvalue weighted by atomic mass is 16.5. The lowest BCUT2D eigenvalue weighted by molar-refractivity contribution is 0.0836. The van der Waals surface area contributed by atoms with Crippen LogP contribution in [0.4, 0.5) is 0 Å². The summed E-state index contributed by atoms with van der Waals surface area (Å²) in [4.78, 5) is 0. The largest absolute Gasteiger partial charge is 0.467 e. The third-order valence-corrected chi connectivity index (χ3v) is 3.08. The van der Waals surface area contributed by atoms with Gasteiger partial charge in [-0.05, 0) is 18.4 Å². The molecule has 0 bridgehead atoms. The first-order valence-electron chi connectivity index (χ1n) is 5.72. The van der Waals surface area contributed by atoms with E-state index >= 15 is 0 Å². The minimum absolute atomic E-state index is 0.533. The van der Waals surface area contributed by atoms with Crippen LogP contribution in [-0.2, 0) is 17.9 Å². The Morgan fingerprint density at radius 3 is 2.93 bits per heavy atom. The second-order valence-corrected chi connectivity index (χ2v) is 4.26. The van der Waals surface area contributed by atoms with Crippen LogP contribution in [0.5, 0.6) is 0 Å². The molecule has 0 aromatic carbocycles. The first-order chi connectivity index (χ1) is 7.38. The summed E-state index contributed by atoms with van der Waals surface area (Å²) >= 11 is 0. The Kier molecular flexibility index (Phi) is 3.80. The zero-order valence-electron chi connectivity index (χ0n) is 9.08. The summed E-state index contributed by atoms with van der Waals surface area (Å²) in [7, 11) is 0. The van der Waals surface area contributed by atoms with Gasteiger partial charge in [-0.3, -0.25) is 0 Å². The molecule has 15 heavy (non-hydrogen) atoms. The van der Waals surface area contributed by atoms with Crippen molar-refractivity contribution in [3.05, 3.63) is 23.7 Å². The Morgan fingerprint density at radius 2 is 2.33 bits per heavy atom. The maximum Gasteiger partial charge on any atom is 0.129 e. The van der Waals surface area contributed by atoms with Crippen LogP contribution in [0.25, 0.3) is 0 Å². The monoisotopic (exact) mass is 209 g/mol. The van der Waals surface area contributed by atoms with Gasteiger partial charge in [0.15, 0.2) is 0 Å². The predicted molar refractivity (Wildman–Crippen MR) is 58.2 cm³/mol. The van der Waals surface area contributed by atoms with Crippen molar-refractivity contribution < 1.29 is 9.15 Å². The van der Waals surface area contributed by atoms with E-state index in [1.54, 1.807) is 6.26 Å². The molecule has 1 aromatic rings. The van der Waals surface area contributed by atoms with E-state index in [9.17, 15) is 0 Å². The van der Waals surface area contributed by atoms with Crippen LogP contribution in [0.2, 0.25) is 0 Å². The van der Waals surface area contributed by atoms with Crippen LogP contribution in [0, 0.1) is 5.92 Å². The Balaban J connectivity index is 1.60. The highest BCUT2D eigenvalue weighted by Crippen LogP contribution is 2.29. The number of nitrogens with two attached hydrogens (primary N) is 1. The molecule has 3 nitrogen and oxygen atoms in total. The molecule has 1 saturated carbocycles. The van der Waals surface area contributed by atoms with Gasteiger partial charge in [-0.1, -0.05) is 19.3 Å². The number of ether oxygens (including phenoxy) is 1. The molecule has 0 spiro atoms. The van der Waals surface area contributed by atoms with Gasteiger partial charge in [-0.15, -0.1) is 0 Å². The number of hydrogen-bond acceptors (Lipinski definition) is 3. The second-order valence-electron chi connectivity index (χ2n) is 4.26. The fourth-order valence-electron chi connectivity index (χ4n) is 1.81. The molecule has 1 fully saturated rings. The van der Waals surface area contributed by atoms with Crippen LogP contribution in [0.1, 0.15) is 37.0 Å². The van der Waals surface area contributed by atoms with Crippen molar-refractivity contribution >= 4 is 0 Å². The standard InChI is InChI=1S/C12H19NO2/c13-7-11-6-12(15-8-11)9-14-5-4-10-2-1-3-10/h6,8,10H,1-5,7,9,13H2. The SMILES string of the molecule is NCc1coc(COCCC2CCC2)c1. The molecule has 1 aliphatic carbocycles. The van der Waals surface area contributed by atoms with Crippen LogP contribution in [0.3, 0.4) is 0 Å². The number of rotatable bonds is 6. The van der Waals surface area contributed by atoms with Gasteiger partial charge in [0.1, 0.15) is 12.4 Å². The van der Waals surface area contributed by atoms with Crippen LogP contribution in [0.15, 0.2) is 16.7 Å². The van der Waals surface area contributed by atoms with Gasteiger partial charge in [-0.25, -0.2) is 0 Å². The highest BCUT2D eigenvalue weighted by Gasteiger charge is 2.16. The van der Waals surface area contributed by atoms with Gasteiger partial charge in [0.05, 0.1) is 6.26 Å². The molecule has 2 N–H and O–H groups in total. The number of hydrogen-bond donors (Lipinski definition) is 1. The number of furan rings is 1. The van der Waals surface area contributed by atoms with Crippen molar-refractivity contribution in [2.75, 3.05) is 6.61 Å². The molecule has 0 saturated heterocycles. The summed E-state index contributed by atoms with van der Waals surface area (Å²) in [6, 6.07) is 1.96. The maximum atomic E-state index is 5.55. The van der Waals surface area contributed by atoms with E-state index in [1.165, 1.54) is 25.7 Å². The summed E-state index contributed by atoms with van der Waals surface area (Å²) in [5, 5.41) is 0. The topological polar surface area (TPSA) is 48.4 Å². The average Bonchev–Trinajstić information content (AvgIpc) is 2.62. The maximum absolute atomic E-state index is 5.55. The van der Waals surface area contributed by atoms with Gasteiger partial charge >= 0.3 is 0 Å². The van der Waals surface area contributed by atoms with Crippen molar-refractivity contribution in [3.8, 4) is 0 Å². The first kappa shape index (κ1) is 10.7. The van der Waals surface area contributed by atoms with Gasteiger partial charge < -0.3 is 14.9 Å². The molecule has 1 heterocycles. The molecular formula is C12H19NO2. The minimum atomic E-state index is 0.533. The Bertz CT molecular complexity index is 292. The molecule has 0 atom stereocenters. The van der Waals surface area contributed by atoms with Gasteiger partial charge in [-0.2, -0.15) is 0 Å². The molecule has 3 heteroatoms. The quantitative estimate of drug-likeness (QED) is 0.732. The lowest BCUT2D eigenvalue weighted by Crippen LogP contribution is -2.13. The highest BCUT2D eigenvalue weighted by molar-refractivity contribution is 5.11. The van der Waals surface area contributed by atoms with Gasteiger partial charge in [0.25, 0.3) is 0 Å². The summed E-state index contributed by atoms with van der Waals surface area (Å²) in [6.07, 6.45) is 7.08. The van der Waals surface area contributed by atoms with Crippen molar-refractivity contribution in [1.29, 1.82) is 0 Å². The van der Waals surface area contributed by atoms with Crippen molar-refractivity contribution in [1.82, 2.24) is 0 Å². The zero-order chi connectivity index (χ0) is 10.5. The summed E-state index contributed by atoms with van der Waals surface area (Å²) in [5.74, 6) is 1.80. The molecule has 0 amide bonds. The first-order valence-corrected chi connectivity index (χ1v) is 5.72. The lowest BCUT2D eigenvalue weighted by Gasteiger charge is -2.24. The van der Waals surface area contributed by atoms with Crippen LogP contribution >= 0.6 is 0 Å². The van der Waals surface area contributed by atoms with Gasteiger partial charge in [0, 0.05) is 18.7 Å². The molecular weight excluding hydrogens is 190 g/mol. The molecule has 0 unspecified atom stereocenters. The average molecular weight is 209 g/mol. The third kappa shape index (κ3) is 3.08.